The zero-order valence-electron chi connectivity index (χ0n) is 17.6. The summed E-state index contributed by atoms with van der Waals surface area (Å²) in [5.41, 5.74) is 6.74. The van der Waals surface area contributed by atoms with E-state index in [1.807, 2.05) is 12.1 Å². The van der Waals surface area contributed by atoms with E-state index >= 15 is 0 Å². The van der Waals surface area contributed by atoms with Crippen LogP contribution >= 0.6 is 0 Å². The fraction of sp³-hybridized carbons (Fsp3) is 0.750. The first kappa shape index (κ1) is 24.0. The molecule has 1 rings (SSSR count). The summed E-state index contributed by atoms with van der Waals surface area (Å²) in [6.45, 7) is 2.77. The number of ether oxygens (including phenoxy) is 1. The van der Waals surface area contributed by atoms with Crippen LogP contribution in [-0.2, 0) is 6.42 Å². The Kier molecular flexibility index (Phi) is 15.2. The predicted octanol–water partition coefficient (Wildman–Crippen LogP) is 6.02. The van der Waals surface area contributed by atoms with Gasteiger partial charge in [-0.2, -0.15) is 0 Å². The summed E-state index contributed by atoms with van der Waals surface area (Å²) in [6.07, 6.45) is 18.7. The molecular formula is C24H43NO2. The Morgan fingerprint density at radius 3 is 1.74 bits per heavy atom. The molecule has 0 saturated heterocycles. The van der Waals surface area contributed by atoms with Crippen molar-refractivity contribution in [1.29, 1.82) is 0 Å². The van der Waals surface area contributed by atoms with E-state index in [0.29, 0.717) is 0 Å². The molecule has 1 unspecified atom stereocenters. The highest BCUT2D eigenvalue weighted by Gasteiger charge is 2.02. The molecule has 0 saturated carbocycles. The van der Waals surface area contributed by atoms with Gasteiger partial charge >= 0.3 is 0 Å². The van der Waals surface area contributed by atoms with E-state index in [1.54, 1.807) is 0 Å². The van der Waals surface area contributed by atoms with Crippen LogP contribution in [0.4, 0.5) is 0 Å². The van der Waals surface area contributed by atoms with Crippen molar-refractivity contribution in [1.82, 2.24) is 0 Å². The Hall–Kier alpha value is -1.06. The van der Waals surface area contributed by atoms with E-state index in [4.69, 9.17) is 10.5 Å². The Balaban J connectivity index is 1.92. The summed E-state index contributed by atoms with van der Waals surface area (Å²) in [5, 5.41) is 9.41. The zero-order chi connectivity index (χ0) is 19.6. The Morgan fingerprint density at radius 2 is 1.26 bits per heavy atom. The van der Waals surface area contributed by atoms with Crippen LogP contribution in [0.25, 0.3) is 0 Å². The second kappa shape index (κ2) is 17.1. The highest BCUT2D eigenvalue weighted by Crippen LogP contribution is 2.16. The molecule has 0 spiro atoms. The molecule has 0 radical (unpaired) electrons. The molecule has 27 heavy (non-hydrogen) atoms. The molecule has 1 aromatic carbocycles. The maximum absolute atomic E-state index is 9.41. The maximum atomic E-state index is 9.41. The van der Waals surface area contributed by atoms with Crippen LogP contribution in [0.15, 0.2) is 24.3 Å². The third kappa shape index (κ3) is 13.7. The third-order valence-electron chi connectivity index (χ3n) is 5.21. The molecule has 0 aliphatic carbocycles. The standard InChI is InChI=1S/C24H43NO2/c1-2-3-4-5-6-7-8-9-10-11-12-13-14-15-22-16-18-24(19-17-22)27-21-23(26)20-25/h16-19,23,26H,2-15,20-21,25H2,1H3. The number of rotatable bonds is 18. The van der Waals surface area contributed by atoms with Gasteiger partial charge in [0, 0.05) is 6.54 Å². The Morgan fingerprint density at radius 1 is 0.778 bits per heavy atom. The highest BCUT2D eigenvalue weighted by atomic mass is 16.5. The minimum atomic E-state index is -0.588. The van der Waals surface area contributed by atoms with Crippen molar-refractivity contribution in [3.8, 4) is 5.75 Å². The van der Waals surface area contributed by atoms with Crippen molar-refractivity contribution < 1.29 is 9.84 Å². The monoisotopic (exact) mass is 377 g/mol. The van der Waals surface area contributed by atoms with E-state index in [-0.39, 0.29) is 13.2 Å². The van der Waals surface area contributed by atoms with Crippen molar-refractivity contribution >= 4 is 0 Å². The predicted molar refractivity (Wildman–Crippen MR) is 116 cm³/mol. The molecule has 0 aliphatic heterocycles. The second-order valence-electron chi connectivity index (χ2n) is 7.84. The summed E-state index contributed by atoms with van der Waals surface area (Å²) >= 11 is 0. The van der Waals surface area contributed by atoms with Gasteiger partial charge in [-0.15, -0.1) is 0 Å². The quantitative estimate of drug-likeness (QED) is 0.308. The van der Waals surface area contributed by atoms with Crippen molar-refractivity contribution in [2.75, 3.05) is 13.2 Å². The number of aliphatic hydroxyl groups excluding tert-OH is 1. The summed E-state index contributed by atoms with van der Waals surface area (Å²) in [6, 6.07) is 8.23. The van der Waals surface area contributed by atoms with Crippen molar-refractivity contribution in [3.05, 3.63) is 29.8 Å². The van der Waals surface area contributed by atoms with Crippen LogP contribution in [0.1, 0.15) is 96.0 Å². The van der Waals surface area contributed by atoms with Gasteiger partial charge in [-0.3, -0.25) is 0 Å². The van der Waals surface area contributed by atoms with E-state index in [1.165, 1.54) is 89.0 Å². The molecule has 0 bridgehead atoms. The number of benzene rings is 1. The first-order valence-corrected chi connectivity index (χ1v) is 11.4. The number of unbranched alkanes of at least 4 members (excludes halogenated alkanes) is 12. The topological polar surface area (TPSA) is 55.5 Å². The van der Waals surface area contributed by atoms with Gasteiger partial charge in [0.05, 0.1) is 0 Å². The van der Waals surface area contributed by atoms with E-state index in [2.05, 4.69) is 19.1 Å². The molecule has 0 heterocycles. The van der Waals surface area contributed by atoms with E-state index < -0.39 is 6.10 Å². The van der Waals surface area contributed by atoms with Gasteiger partial charge < -0.3 is 15.6 Å². The van der Waals surface area contributed by atoms with Gasteiger partial charge in [0.1, 0.15) is 18.5 Å². The Labute approximate surface area is 167 Å². The average molecular weight is 378 g/mol. The highest BCUT2D eigenvalue weighted by molar-refractivity contribution is 5.27. The van der Waals surface area contributed by atoms with Crippen LogP contribution in [0.5, 0.6) is 5.75 Å². The summed E-state index contributed by atoms with van der Waals surface area (Å²) < 4.78 is 5.51. The molecule has 0 amide bonds. The van der Waals surface area contributed by atoms with Gasteiger partial charge in [0.15, 0.2) is 0 Å². The molecule has 1 aromatic rings. The molecule has 156 valence electrons. The number of aliphatic hydroxyl groups is 1. The zero-order valence-corrected chi connectivity index (χ0v) is 17.6. The first-order valence-electron chi connectivity index (χ1n) is 11.4. The maximum Gasteiger partial charge on any atom is 0.119 e. The Bertz CT molecular complexity index is 433. The minimum Gasteiger partial charge on any atom is -0.491 e. The number of hydrogen-bond acceptors (Lipinski definition) is 3. The summed E-state index contributed by atoms with van der Waals surface area (Å²) in [7, 11) is 0. The lowest BCUT2D eigenvalue weighted by Gasteiger charge is -2.10. The van der Waals surface area contributed by atoms with E-state index in [0.717, 1.165) is 12.2 Å². The van der Waals surface area contributed by atoms with Gasteiger partial charge in [0.25, 0.3) is 0 Å². The molecule has 0 fully saturated rings. The van der Waals surface area contributed by atoms with Crippen molar-refractivity contribution in [2.24, 2.45) is 5.73 Å². The van der Waals surface area contributed by atoms with Crippen molar-refractivity contribution in [2.45, 2.75) is 103 Å². The number of aryl methyl sites for hydroxylation is 1. The lowest BCUT2D eigenvalue weighted by molar-refractivity contribution is 0.114. The van der Waals surface area contributed by atoms with Crippen LogP contribution in [0.3, 0.4) is 0 Å². The van der Waals surface area contributed by atoms with Crippen molar-refractivity contribution in [3.63, 3.8) is 0 Å². The lowest BCUT2D eigenvalue weighted by Crippen LogP contribution is -2.26. The number of nitrogens with two attached hydrogens (primary N) is 1. The van der Waals surface area contributed by atoms with Gasteiger partial charge in [-0.25, -0.2) is 0 Å². The molecule has 0 aliphatic rings. The SMILES string of the molecule is CCCCCCCCCCCCCCCc1ccc(OCC(O)CN)cc1. The summed E-state index contributed by atoms with van der Waals surface area (Å²) in [5.74, 6) is 0.802. The van der Waals surface area contributed by atoms with Gasteiger partial charge in [-0.1, -0.05) is 96.1 Å². The molecule has 3 heteroatoms. The van der Waals surface area contributed by atoms with E-state index in [9.17, 15) is 5.11 Å². The third-order valence-corrected chi connectivity index (χ3v) is 5.21. The molecule has 3 N–H and O–H groups in total. The van der Waals surface area contributed by atoms with Gasteiger partial charge in [0.2, 0.25) is 0 Å². The number of hydrogen-bond donors (Lipinski definition) is 2. The first-order chi connectivity index (χ1) is 13.3. The normalized spacial score (nSPS) is 12.3. The van der Waals surface area contributed by atoms with Crippen LogP contribution < -0.4 is 10.5 Å². The second-order valence-corrected chi connectivity index (χ2v) is 7.84. The van der Waals surface area contributed by atoms with Crippen LogP contribution in [0, 0.1) is 0 Å². The fourth-order valence-corrected chi connectivity index (χ4v) is 3.36. The largest absolute Gasteiger partial charge is 0.491 e. The smallest absolute Gasteiger partial charge is 0.119 e. The molecule has 0 aromatic heterocycles. The molecule has 3 nitrogen and oxygen atoms in total. The lowest BCUT2D eigenvalue weighted by atomic mass is 10.0. The van der Waals surface area contributed by atoms with Crippen LogP contribution in [-0.4, -0.2) is 24.4 Å². The molecule has 1 atom stereocenters. The fourth-order valence-electron chi connectivity index (χ4n) is 3.36. The van der Waals surface area contributed by atoms with Gasteiger partial charge in [-0.05, 0) is 30.5 Å². The molecular weight excluding hydrogens is 334 g/mol. The minimum absolute atomic E-state index is 0.233. The summed E-state index contributed by atoms with van der Waals surface area (Å²) in [4.78, 5) is 0. The average Bonchev–Trinajstić information content (AvgIpc) is 2.70. The van der Waals surface area contributed by atoms with Crippen LogP contribution in [0.2, 0.25) is 0 Å².